The summed E-state index contributed by atoms with van der Waals surface area (Å²) in [6.07, 6.45) is 5.11. The first-order valence-corrected chi connectivity index (χ1v) is 7.22. The number of benzene rings is 1. The molecular formula is C16H22N2O. The quantitative estimate of drug-likeness (QED) is 0.801. The predicted octanol–water partition coefficient (Wildman–Crippen LogP) is 2.80. The first-order chi connectivity index (χ1) is 9.04. The third-order valence-electron chi connectivity index (χ3n) is 4.91. The average Bonchev–Trinajstić information content (AvgIpc) is 2.95. The van der Waals surface area contributed by atoms with Gasteiger partial charge in [-0.2, -0.15) is 0 Å². The molecule has 1 aromatic rings. The van der Waals surface area contributed by atoms with Crippen molar-refractivity contribution >= 4 is 11.6 Å². The van der Waals surface area contributed by atoms with Gasteiger partial charge >= 0.3 is 0 Å². The molecule has 2 bridgehead atoms. The number of carbonyl (C=O) groups is 1. The van der Waals surface area contributed by atoms with Gasteiger partial charge in [0.1, 0.15) is 0 Å². The molecule has 2 aliphatic rings. The van der Waals surface area contributed by atoms with Crippen molar-refractivity contribution in [3.8, 4) is 0 Å². The fourth-order valence-electron chi connectivity index (χ4n) is 3.78. The van der Waals surface area contributed by atoms with Crippen LogP contribution in [0.5, 0.6) is 0 Å². The number of rotatable bonds is 2. The highest BCUT2D eigenvalue weighted by Crippen LogP contribution is 2.44. The Morgan fingerprint density at radius 3 is 2.63 bits per heavy atom. The van der Waals surface area contributed by atoms with Crippen LogP contribution in [0.1, 0.15) is 47.2 Å². The zero-order valence-electron chi connectivity index (χ0n) is 11.7. The molecule has 2 aliphatic carbocycles. The standard InChI is InChI=1S/C16H22N2O/c1-9-5-10(2)14(17)8-13(9)16(19)18-15-7-11-3-4-12(15)6-11/h5,8,11-12,15H,3-4,6-7,17H2,1-2H3,(H,18,19). The lowest BCUT2D eigenvalue weighted by atomic mass is 9.94. The highest BCUT2D eigenvalue weighted by molar-refractivity contribution is 5.97. The third kappa shape index (κ3) is 2.22. The first kappa shape index (κ1) is 12.5. The lowest BCUT2D eigenvalue weighted by molar-refractivity contribution is 0.0922. The van der Waals surface area contributed by atoms with Crippen molar-refractivity contribution in [3.05, 3.63) is 28.8 Å². The molecule has 0 heterocycles. The lowest BCUT2D eigenvalue weighted by Crippen LogP contribution is -2.38. The minimum Gasteiger partial charge on any atom is -0.398 e. The molecule has 0 aromatic heterocycles. The number of nitrogens with two attached hydrogens (primary N) is 1. The number of hydrogen-bond acceptors (Lipinski definition) is 2. The van der Waals surface area contributed by atoms with Crippen molar-refractivity contribution in [2.24, 2.45) is 11.8 Å². The fourth-order valence-corrected chi connectivity index (χ4v) is 3.78. The SMILES string of the molecule is Cc1cc(C)c(C(=O)NC2CC3CCC2C3)cc1N. The van der Waals surface area contributed by atoms with Crippen LogP contribution in [-0.4, -0.2) is 11.9 Å². The van der Waals surface area contributed by atoms with Gasteiger partial charge in [0.05, 0.1) is 0 Å². The minimum atomic E-state index is 0.0433. The van der Waals surface area contributed by atoms with E-state index in [1.807, 2.05) is 26.0 Å². The summed E-state index contributed by atoms with van der Waals surface area (Å²) in [6.45, 7) is 3.95. The average molecular weight is 258 g/mol. The zero-order chi connectivity index (χ0) is 13.6. The van der Waals surface area contributed by atoms with Crippen LogP contribution in [0, 0.1) is 25.7 Å². The number of nitrogen functional groups attached to an aromatic ring is 1. The monoisotopic (exact) mass is 258 g/mol. The van der Waals surface area contributed by atoms with E-state index in [1.165, 1.54) is 19.3 Å². The van der Waals surface area contributed by atoms with E-state index in [-0.39, 0.29) is 5.91 Å². The number of carbonyl (C=O) groups excluding carboxylic acids is 1. The highest BCUT2D eigenvalue weighted by Gasteiger charge is 2.40. The van der Waals surface area contributed by atoms with E-state index in [9.17, 15) is 4.79 Å². The van der Waals surface area contributed by atoms with Crippen molar-refractivity contribution in [1.82, 2.24) is 5.32 Å². The number of hydrogen-bond donors (Lipinski definition) is 2. The summed E-state index contributed by atoms with van der Waals surface area (Å²) in [5.41, 5.74) is 9.38. The topological polar surface area (TPSA) is 55.1 Å². The Labute approximate surface area is 114 Å². The van der Waals surface area contributed by atoms with Gasteiger partial charge in [0.25, 0.3) is 5.91 Å². The van der Waals surface area contributed by atoms with E-state index >= 15 is 0 Å². The second-order valence-electron chi connectivity index (χ2n) is 6.28. The Balaban J connectivity index is 1.75. The number of amides is 1. The molecule has 3 nitrogen and oxygen atoms in total. The van der Waals surface area contributed by atoms with Crippen LogP contribution in [-0.2, 0) is 0 Å². The Morgan fingerprint density at radius 1 is 1.21 bits per heavy atom. The largest absolute Gasteiger partial charge is 0.398 e. The molecule has 19 heavy (non-hydrogen) atoms. The van der Waals surface area contributed by atoms with E-state index in [1.54, 1.807) is 0 Å². The summed E-state index contributed by atoms with van der Waals surface area (Å²) >= 11 is 0. The van der Waals surface area contributed by atoms with Gasteiger partial charge in [-0.15, -0.1) is 0 Å². The molecule has 0 spiro atoms. The Hall–Kier alpha value is -1.51. The van der Waals surface area contributed by atoms with Crippen molar-refractivity contribution in [3.63, 3.8) is 0 Å². The molecule has 1 aromatic carbocycles. The normalized spacial score (nSPS) is 28.6. The molecule has 3 atom stereocenters. The molecule has 1 amide bonds. The van der Waals surface area contributed by atoms with Crippen LogP contribution in [0.2, 0.25) is 0 Å². The summed E-state index contributed by atoms with van der Waals surface area (Å²) in [7, 11) is 0. The molecule has 2 saturated carbocycles. The maximum atomic E-state index is 12.4. The molecule has 3 heteroatoms. The predicted molar refractivity (Wildman–Crippen MR) is 77.0 cm³/mol. The van der Waals surface area contributed by atoms with Crippen LogP contribution in [0.3, 0.4) is 0 Å². The molecule has 0 radical (unpaired) electrons. The second kappa shape index (κ2) is 4.55. The van der Waals surface area contributed by atoms with Crippen molar-refractivity contribution < 1.29 is 4.79 Å². The van der Waals surface area contributed by atoms with Gasteiger partial charge in [-0.1, -0.05) is 12.5 Å². The zero-order valence-corrected chi connectivity index (χ0v) is 11.7. The van der Waals surface area contributed by atoms with Crippen LogP contribution in [0.4, 0.5) is 5.69 Å². The Bertz CT molecular complexity index is 524. The van der Waals surface area contributed by atoms with Crippen LogP contribution >= 0.6 is 0 Å². The molecular weight excluding hydrogens is 236 g/mol. The van der Waals surface area contributed by atoms with Gasteiger partial charge < -0.3 is 11.1 Å². The van der Waals surface area contributed by atoms with Gasteiger partial charge in [-0.05, 0) is 62.1 Å². The molecule has 3 rings (SSSR count). The summed E-state index contributed by atoms with van der Waals surface area (Å²) < 4.78 is 0. The molecule has 3 N–H and O–H groups in total. The van der Waals surface area contributed by atoms with E-state index in [4.69, 9.17) is 5.73 Å². The van der Waals surface area contributed by atoms with Crippen molar-refractivity contribution in [2.45, 2.75) is 45.6 Å². The summed E-state index contributed by atoms with van der Waals surface area (Å²) in [5, 5.41) is 3.22. The van der Waals surface area contributed by atoms with Crippen molar-refractivity contribution in [1.29, 1.82) is 0 Å². The summed E-state index contributed by atoms with van der Waals surface area (Å²) in [4.78, 5) is 12.4. The molecule has 0 saturated heterocycles. The number of nitrogens with one attached hydrogen (secondary N) is 1. The summed E-state index contributed by atoms with van der Waals surface area (Å²) in [6, 6.07) is 4.19. The molecule has 2 fully saturated rings. The molecule has 102 valence electrons. The fraction of sp³-hybridized carbons (Fsp3) is 0.562. The number of fused-ring (bicyclic) bond motifs is 2. The van der Waals surface area contributed by atoms with E-state index in [2.05, 4.69) is 5.32 Å². The molecule has 0 aliphatic heterocycles. The van der Waals surface area contributed by atoms with Gasteiger partial charge in [0, 0.05) is 17.3 Å². The highest BCUT2D eigenvalue weighted by atomic mass is 16.1. The smallest absolute Gasteiger partial charge is 0.251 e. The van der Waals surface area contributed by atoms with Gasteiger partial charge in [0.2, 0.25) is 0 Å². The van der Waals surface area contributed by atoms with Gasteiger partial charge in [0.15, 0.2) is 0 Å². The summed E-state index contributed by atoms with van der Waals surface area (Å²) in [5.74, 6) is 1.60. The van der Waals surface area contributed by atoms with Crippen molar-refractivity contribution in [2.75, 3.05) is 5.73 Å². The molecule has 3 unspecified atom stereocenters. The van der Waals surface area contributed by atoms with Gasteiger partial charge in [-0.25, -0.2) is 0 Å². The van der Waals surface area contributed by atoms with Crippen LogP contribution in [0.15, 0.2) is 12.1 Å². The number of anilines is 1. The lowest BCUT2D eigenvalue weighted by Gasteiger charge is -2.23. The van der Waals surface area contributed by atoms with Crippen LogP contribution in [0.25, 0.3) is 0 Å². The van der Waals surface area contributed by atoms with Gasteiger partial charge in [-0.3, -0.25) is 4.79 Å². The maximum Gasteiger partial charge on any atom is 0.251 e. The minimum absolute atomic E-state index is 0.0433. The van der Waals surface area contributed by atoms with E-state index < -0.39 is 0 Å². The van der Waals surface area contributed by atoms with Crippen LogP contribution < -0.4 is 11.1 Å². The van der Waals surface area contributed by atoms with E-state index in [0.29, 0.717) is 17.6 Å². The van der Waals surface area contributed by atoms with E-state index in [0.717, 1.165) is 29.0 Å². The number of aryl methyl sites for hydroxylation is 2. The maximum absolute atomic E-state index is 12.4. The second-order valence-corrected chi connectivity index (χ2v) is 6.28. The first-order valence-electron chi connectivity index (χ1n) is 7.22. The third-order valence-corrected chi connectivity index (χ3v) is 4.91. The Morgan fingerprint density at radius 2 is 2.00 bits per heavy atom. The Kier molecular flexibility index (Phi) is 3.00.